The molecule has 1 aromatic heterocycles. The summed E-state index contributed by atoms with van der Waals surface area (Å²) in [7, 11) is 0. The Morgan fingerprint density at radius 3 is 2.75 bits per heavy atom. The van der Waals surface area contributed by atoms with Gasteiger partial charge in [0.15, 0.2) is 0 Å². The summed E-state index contributed by atoms with van der Waals surface area (Å²) in [5.41, 5.74) is 1.32. The molecule has 0 bridgehead atoms. The van der Waals surface area contributed by atoms with Crippen LogP contribution >= 0.6 is 0 Å². The average molecular weight is 330 g/mol. The molecule has 126 valence electrons. The number of hydrogen-bond donors (Lipinski definition) is 1. The van der Waals surface area contributed by atoms with Gasteiger partial charge in [-0.2, -0.15) is 0 Å². The summed E-state index contributed by atoms with van der Waals surface area (Å²) in [6, 6.07) is 7.88. The molecule has 1 N–H and O–H groups in total. The van der Waals surface area contributed by atoms with Crippen molar-refractivity contribution >= 4 is 11.6 Å². The number of nitrogens with zero attached hydrogens (tertiary/aromatic N) is 1. The van der Waals surface area contributed by atoms with E-state index >= 15 is 0 Å². The largest absolute Gasteiger partial charge is 0.474 e. The van der Waals surface area contributed by atoms with Gasteiger partial charge in [0, 0.05) is 30.8 Å². The maximum atomic E-state index is 13.5. The van der Waals surface area contributed by atoms with Crippen molar-refractivity contribution in [3.8, 4) is 5.88 Å². The molecule has 3 rings (SSSR count). The number of ether oxygens (including phenoxy) is 2. The fourth-order valence-corrected chi connectivity index (χ4v) is 2.42. The molecule has 5 nitrogen and oxygen atoms in total. The van der Waals surface area contributed by atoms with E-state index in [9.17, 15) is 9.18 Å². The molecular formula is C18H19FN2O3. The number of pyridine rings is 1. The van der Waals surface area contributed by atoms with E-state index in [1.54, 1.807) is 31.2 Å². The summed E-state index contributed by atoms with van der Waals surface area (Å²) in [6.07, 6.45) is 3.22. The van der Waals surface area contributed by atoms with E-state index in [0.717, 1.165) is 12.8 Å². The number of rotatable bonds is 4. The Kier molecular flexibility index (Phi) is 5.05. The minimum Gasteiger partial charge on any atom is -0.474 e. The lowest BCUT2D eigenvalue weighted by molar-refractivity contribution is 0.0237. The molecule has 0 atom stereocenters. The number of aromatic nitrogens is 1. The van der Waals surface area contributed by atoms with Gasteiger partial charge >= 0.3 is 0 Å². The minimum absolute atomic E-state index is 0.0986. The standard InChI is InChI=1S/C18H19FN2O3/c1-12-2-4-14(10-16(12)19)21-18(22)13-3-5-17(20-11-13)24-15-6-8-23-9-7-15/h2-5,10-11,15H,6-9H2,1H3,(H,21,22). The van der Waals surface area contributed by atoms with Crippen LogP contribution in [0.3, 0.4) is 0 Å². The second-order valence-corrected chi connectivity index (χ2v) is 5.73. The zero-order chi connectivity index (χ0) is 16.9. The molecule has 1 fully saturated rings. The average Bonchev–Trinajstić information content (AvgIpc) is 2.60. The highest BCUT2D eigenvalue weighted by Gasteiger charge is 2.16. The van der Waals surface area contributed by atoms with Crippen molar-refractivity contribution in [3.63, 3.8) is 0 Å². The van der Waals surface area contributed by atoms with E-state index in [-0.39, 0.29) is 17.8 Å². The third kappa shape index (κ3) is 4.08. The lowest BCUT2D eigenvalue weighted by atomic mass is 10.1. The molecule has 0 spiro atoms. The van der Waals surface area contributed by atoms with E-state index in [0.29, 0.717) is 35.9 Å². The molecule has 2 heterocycles. The van der Waals surface area contributed by atoms with Crippen molar-refractivity contribution in [2.45, 2.75) is 25.9 Å². The molecule has 1 aliphatic heterocycles. The van der Waals surface area contributed by atoms with Gasteiger partial charge in [0.25, 0.3) is 5.91 Å². The van der Waals surface area contributed by atoms with Crippen molar-refractivity contribution < 1.29 is 18.7 Å². The number of halogens is 1. The number of carbonyl (C=O) groups excluding carboxylic acids is 1. The smallest absolute Gasteiger partial charge is 0.257 e. The normalized spacial score (nSPS) is 15.1. The van der Waals surface area contributed by atoms with Gasteiger partial charge < -0.3 is 14.8 Å². The maximum Gasteiger partial charge on any atom is 0.257 e. The van der Waals surface area contributed by atoms with E-state index in [4.69, 9.17) is 9.47 Å². The van der Waals surface area contributed by atoms with Crippen LogP contribution in [0.1, 0.15) is 28.8 Å². The fraction of sp³-hybridized carbons (Fsp3) is 0.333. The molecular weight excluding hydrogens is 311 g/mol. The Labute approximate surface area is 139 Å². The van der Waals surface area contributed by atoms with Gasteiger partial charge in [-0.05, 0) is 30.7 Å². The van der Waals surface area contributed by atoms with Crippen LogP contribution in [-0.4, -0.2) is 30.2 Å². The topological polar surface area (TPSA) is 60.5 Å². The predicted octanol–water partition coefficient (Wildman–Crippen LogP) is 3.34. The van der Waals surface area contributed by atoms with Crippen molar-refractivity contribution in [3.05, 3.63) is 53.5 Å². The second kappa shape index (κ2) is 7.40. The number of carbonyl (C=O) groups is 1. The zero-order valence-electron chi connectivity index (χ0n) is 13.4. The molecule has 0 saturated carbocycles. The summed E-state index contributed by atoms with van der Waals surface area (Å²) in [5, 5.41) is 2.65. The maximum absolute atomic E-state index is 13.5. The molecule has 2 aromatic rings. The van der Waals surface area contributed by atoms with Gasteiger partial charge in [-0.3, -0.25) is 4.79 Å². The van der Waals surface area contributed by atoms with Gasteiger partial charge in [-0.1, -0.05) is 6.07 Å². The Bertz CT molecular complexity index is 713. The summed E-state index contributed by atoms with van der Waals surface area (Å²) in [6.45, 7) is 3.05. The third-order valence-corrected chi connectivity index (χ3v) is 3.88. The number of nitrogens with one attached hydrogen (secondary N) is 1. The van der Waals surface area contributed by atoms with Crippen molar-refractivity contribution in [1.29, 1.82) is 0 Å². The zero-order valence-corrected chi connectivity index (χ0v) is 13.4. The molecule has 1 amide bonds. The van der Waals surface area contributed by atoms with Gasteiger partial charge in [-0.15, -0.1) is 0 Å². The van der Waals surface area contributed by atoms with Crippen LogP contribution < -0.4 is 10.1 Å². The fourth-order valence-electron chi connectivity index (χ4n) is 2.42. The Morgan fingerprint density at radius 2 is 2.08 bits per heavy atom. The van der Waals surface area contributed by atoms with E-state index < -0.39 is 0 Å². The van der Waals surface area contributed by atoms with Crippen LogP contribution in [0.5, 0.6) is 5.88 Å². The molecule has 0 aliphatic carbocycles. The SMILES string of the molecule is Cc1ccc(NC(=O)c2ccc(OC3CCOCC3)nc2)cc1F. The number of aryl methyl sites for hydroxylation is 1. The molecule has 0 unspecified atom stereocenters. The molecule has 0 radical (unpaired) electrons. The Balaban J connectivity index is 1.61. The van der Waals surface area contributed by atoms with E-state index in [1.165, 1.54) is 12.3 Å². The highest BCUT2D eigenvalue weighted by molar-refractivity contribution is 6.04. The van der Waals surface area contributed by atoms with Gasteiger partial charge in [0.05, 0.1) is 18.8 Å². The first-order valence-electron chi connectivity index (χ1n) is 7.90. The quantitative estimate of drug-likeness (QED) is 0.934. The van der Waals surface area contributed by atoms with Crippen LogP contribution in [0.4, 0.5) is 10.1 Å². The minimum atomic E-state index is -0.355. The predicted molar refractivity (Wildman–Crippen MR) is 87.8 cm³/mol. The molecule has 1 aliphatic rings. The van der Waals surface area contributed by atoms with Crippen LogP contribution in [0, 0.1) is 12.7 Å². The Morgan fingerprint density at radius 1 is 1.29 bits per heavy atom. The summed E-state index contributed by atoms with van der Waals surface area (Å²) in [5.74, 6) is -0.214. The summed E-state index contributed by atoms with van der Waals surface area (Å²) >= 11 is 0. The van der Waals surface area contributed by atoms with Crippen LogP contribution in [0.2, 0.25) is 0 Å². The van der Waals surface area contributed by atoms with Crippen molar-refractivity contribution in [2.24, 2.45) is 0 Å². The van der Waals surface area contributed by atoms with Crippen molar-refractivity contribution in [2.75, 3.05) is 18.5 Å². The summed E-state index contributed by atoms with van der Waals surface area (Å²) in [4.78, 5) is 16.3. The van der Waals surface area contributed by atoms with E-state index in [2.05, 4.69) is 10.3 Å². The third-order valence-electron chi connectivity index (χ3n) is 3.88. The second-order valence-electron chi connectivity index (χ2n) is 5.73. The lowest BCUT2D eigenvalue weighted by Gasteiger charge is -2.22. The first-order chi connectivity index (χ1) is 11.6. The monoisotopic (exact) mass is 330 g/mol. The number of benzene rings is 1. The van der Waals surface area contributed by atoms with Gasteiger partial charge in [-0.25, -0.2) is 9.37 Å². The first-order valence-corrected chi connectivity index (χ1v) is 7.90. The van der Waals surface area contributed by atoms with Crippen molar-refractivity contribution in [1.82, 2.24) is 4.98 Å². The molecule has 6 heteroatoms. The number of anilines is 1. The van der Waals surface area contributed by atoms with Crippen LogP contribution in [-0.2, 0) is 4.74 Å². The van der Waals surface area contributed by atoms with Crippen LogP contribution in [0.25, 0.3) is 0 Å². The summed E-state index contributed by atoms with van der Waals surface area (Å²) < 4.78 is 24.6. The Hall–Kier alpha value is -2.47. The van der Waals surface area contributed by atoms with Gasteiger partial charge in [0.2, 0.25) is 5.88 Å². The molecule has 24 heavy (non-hydrogen) atoms. The molecule has 1 saturated heterocycles. The number of hydrogen-bond acceptors (Lipinski definition) is 4. The highest BCUT2D eigenvalue weighted by atomic mass is 19.1. The highest BCUT2D eigenvalue weighted by Crippen LogP contribution is 2.17. The molecule has 1 aromatic carbocycles. The lowest BCUT2D eigenvalue weighted by Crippen LogP contribution is -2.26. The number of amides is 1. The van der Waals surface area contributed by atoms with Crippen LogP contribution in [0.15, 0.2) is 36.5 Å². The van der Waals surface area contributed by atoms with Gasteiger partial charge in [0.1, 0.15) is 11.9 Å². The van der Waals surface area contributed by atoms with E-state index in [1.807, 2.05) is 0 Å². The first kappa shape index (κ1) is 16.4.